The Balaban J connectivity index is 1.96. The van der Waals surface area contributed by atoms with Crippen LogP contribution < -0.4 is 0 Å². The van der Waals surface area contributed by atoms with Crippen molar-refractivity contribution >= 4 is 12.0 Å². The van der Waals surface area contributed by atoms with Gasteiger partial charge in [0.1, 0.15) is 6.61 Å². The number of likely N-dealkylation sites (tertiary alicyclic amines) is 1. The molecule has 1 unspecified atom stereocenters. The van der Waals surface area contributed by atoms with Gasteiger partial charge in [-0.1, -0.05) is 36.4 Å². The molecule has 1 atom stereocenters. The minimum atomic E-state index is -0.530. The van der Waals surface area contributed by atoms with Gasteiger partial charge in [-0.15, -0.1) is 6.58 Å². The molecule has 2 rings (SSSR count). The van der Waals surface area contributed by atoms with Gasteiger partial charge >= 0.3 is 6.09 Å². The predicted octanol–water partition coefficient (Wildman–Crippen LogP) is 3.67. The van der Waals surface area contributed by atoms with Gasteiger partial charge in [0.2, 0.25) is 5.91 Å². The number of piperidine rings is 1. The first-order chi connectivity index (χ1) is 10.2. The van der Waals surface area contributed by atoms with Crippen molar-refractivity contribution < 1.29 is 14.3 Å². The molecular formula is C17H21NO3. The summed E-state index contributed by atoms with van der Waals surface area (Å²) in [4.78, 5) is 25.5. The van der Waals surface area contributed by atoms with Gasteiger partial charge in [0.15, 0.2) is 0 Å². The topological polar surface area (TPSA) is 46.6 Å². The molecule has 112 valence electrons. The second-order valence-corrected chi connectivity index (χ2v) is 5.22. The molecule has 0 aromatic heterocycles. The van der Waals surface area contributed by atoms with Crippen LogP contribution >= 0.6 is 0 Å². The van der Waals surface area contributed by atoms with E-state index in [0.29, 0.717) is 6.42 Å². The van der Waals surface area contributed by atoms with Gasteiger partial charge in [0, 0.05) is 12.5 Å². The summed E-state index contributed by atoms with van der Waals surface area (Å²) >= 11 is 0. The fraction of sp³-hybridized carbons (Fsp3) is 0.412. The van der Waals surface area contributed by atoms with Gasteiger partial charge in [-0.05, 0) is 31.2 Å². The lowest BCUT2D eigenvalue weighted by Crippen LogP contribution is -2.47. The summed E-state index contributed by atoms with van der Waals surface area (Å²) in [5.41, 5.74) is 0.915. The molecule has 0 aliphatic carbocycles. The summed E-state index contributed by atoms with van der Waals surface area (Å²) < 4.78 is 5.29. The summed E-state index contributed by atoms with van der Waals surface area (Å²) in [7, 11) is 0. The van der Waals surface area contributed by atoms with E-state index >= 15 is 0 Å². The maximum atomic E-state index is 12.2. The summed E-state index contributed by atoms with van der Waals surface area (Å²) in [6.07, 6.45) is 4.94. The van der Waals surface area contributed by atoms with Crippen LogP contribution in [0.5, 0.6) is 0 Å². The lowest BCUT2D eigenvalue weighted by atomic mass is 9.98. The van der Waals surface area contributed by atoms with Crippen molar-refractivity contribution in [2.24, 2.45) is 0 Å². The van der Waals surface area contributed by atoms with Gasteiger partial charge in [-0.25, -0.2) is 9.69 Å². The Labute approximate surface area is 125 Å². The van der Waals surface area contributed by atoms with E-state index < -0.39 is 6.09 Å². The second kappa shape index (κ2) is 7.62. The standard InChI is InChI=1S/C17H21NO3/c1-2-3-10-15-11-7-12-16(19)18(15)17(20)21-13-14-8-5-4-6-9-14/h2,4-6,8-9,15H,1,3,7,10-13H2. The fourth-order valence-electron chi connectivity index (χ4n) is 2.57. The molecule has 1 aromatic rings. The Morgan fingerprint density at radius 2 is 2.14 bits per heavy atom. The van der Waals surface area contributed by atoms with Crippen molar-refractivity contribution in [2.75, 3.05) is 0 Å². The molecule has 4 nitrogen and oxygen atoms in total. The molecule has 0 bridgehead atoms. The Kier molecular flexibility index (Phi) is 5.55. The molecule has 1 fully saturated rings. The minimum absolute atomic E-state index is 0.0625. The normalized spacial score (nSPS) is 18.4. The molecule has 1 aliphatic rings. The zero-order valence-electron chi connectivity index (χ0n) is 12.2. The van der Waals surface area contributed by atoms with E-state index in [4.69, 9.17) is 4.74 Å². The second-order valence-electron chi connectivity index (χ2n) is 5.22. The Bertz CT molecular complexity index is 498. The van der Waals surface area contributed by atoms with E-state index in [1.165, 1.54) is 4.90 Å². The lowest BCUT2D eigenvalue weighted by molar-refractivity contribution is -0.134. The Morgan fingerprint density at radius 3 is 2.86 bits per heavy atom. The zero-order valence-corrected chi connectivity index (χ0v) is 12.2. The van der Waals surface area contributed by atoms with Crippen molar-refractivity contribution in [1.29, 1.82) is 0 Å². The number of ether oxygens (including phenoxy) is 1. The van der Waals surface area contributed by atoms with Gasteiger partial charge in [-0.3, -0.25) is 4.79 Å². The highest BCUT2D eigenvalue weighted by atomic mass is 16.6. The van der Waals surface area contributed by atoms with Gasteiger partial charge in [-0.2, -0.15) is 0 Å². The van der Waals surface area contributed by atoms with Crippen LogP contribution in [0.1, 0.15) is 37.7 Å². The molecule has 21 heavy (non-hydrogen) atoms. The van der Waals surface area contributed by atoms with Crippen LogP contribution in [0.3, 0.4) is 0 Å². The Morgan fingerprint density at radius 1 is 1.38 bits per heavy atom. The van der Waals surface area contributed by atoms with Gasteiger partial charge < -0.3 is 4.74 Å². The molecular weight excluding hydrogens is 266 g/mol. The number of allylic oxidation sites excluding steroid dienone is 1. The summed E-state index contributed by atoms with van der Waals surface area (Å²) in [5, 5.41) is 0. The highest BCUT2D eigenvalue weighted by Gasteiger charge is 2.33. The third-order valence-corrected chi connectivity index (χ3v) is 3.67. The van der Waals surface area contributed by atoms with E-state index in [-0.39, 0.29) is 18.6 Å². The van der Waals surface area contributed by atoms with Crippen LogP contribution in [0.2, 0.25) is 0 Å². The van der Waals surface area contributed by atoms with Crippen LogP contribution in [0.4, 0.5) is 4.79 Å². The van der Waals surface area contributed by atoms with Crippen LogP contribution in [-0.4, -0.2) is 22.9 Å². The fourth-order valence-corrected chi connectivity index (χ4v) is 2.57. The highest BCUT2D eigenvalue weighted by molar-refractivity contribution is 5.92. The first-order valence-corrected chi connectivity index (χ1v) is 7.36. The summed E-state index contributed by atoms with van der Waals surface area (Å²) in [5.74, 6) is -0.131. The SMILES string of the molecule is C=CCCC1CCCC(=O)N1C(=O)OCc1ccccc1. The zero-order chi connectivity index (χ0) is 15.1. The number of carbonyl (C=O) groups is 2. The number of imide groups is 1. The monoisotopic (exact) mass is 287 g/mol. The number of hydrogen-bond acceptors (Lipinski definition) is 3. The van der Waals surface area contributed by atoms with Crippen molar-refractivity contribution in [1.82, 2.24) is 4.90 Å². The summed E-state index contributed by atoms with van der Waals surface area (Å²) in [6, 6.07) is 9.41. The number of benzene rings is 1. The number of amides is 2. The highest BCUT2D eigenvalue weighted by Crippen LogP contribution is 2.23. The summed E-state index contributed by atoms with van der Waals surface area (Å²) in [6.45, 7) is 3.88. The quantitative estimate of drug-likeness (QED) is 0.776. The molecule has 0 saturated carbocycles. The lowest BCUT2D eigenvalue weighted by Gasteiger charge is -2.33. The molecule has 1 aliphatic heterocycles. The van der Waals surface area contributed by atoms with Crippen LogP contribution in [-0.2, 0) is 16.1 Å². The van der Waals surface area contributed by atoms with Gasteiger partial charge in [0.25, 0.3) is 0 Å². The molecule has 0 spiro atoms. The van der Waals surface area contributed by atoms with Crippen molar-refractivity contribution in [3.63, 3.8) is 0 Å². The molecule has 1 heterocycles. The van der Waals surface area contributed by atoms with Crippen LogP contribution in [0, 0.1) is 0 Å². The average molecular weight is 287 g/mol. The Hall–Kier alpha value is -2.10. The smallest absolute Gasteiger partial charge is 0.417 e. The van der Waals surface area contributed by atoms with Crippen molar-refractivity contribution in [3.8, 4) is 0 Å². The first-order valence-electron chi connectivity index (χ1n) is 7.36. The third kappa shape index (κ3) is 4.18. The molecule has 2 amide bonds. The molecule has 4 heteroatoms. The van der Waals surface area contributed by atoms with Crippen LogP contribution in [0.25, 0.3) is 0 Å². The largest absolute Gasteiger partial charge is 0.444 e. The van der Waals surface area contributed by atoms with E-state index in [2.05, 4.69) is 6.58 Å². The molecule has 1 aromatic carbocycles. The van der Waals surface area contributed by atoms with Crippen molar-refractivity contribution in [3.05, 3.63) is 48.6 Å². The minimum Gasteiger partial charge on any atom is -0.444 e. The molecule has 0 N–H and O–H groups in total. The number of nitrogens with zero attached hydrogens (tertiary/aromatic N) is 1. The van der Waals surface area contributed by atoms with E-state index in [0.717, 1.165) is 31.2 Å². The number of hydrogen-bond donors (Lipinski definition) is 0. The third-order valence-electron chi connectivity index (χ3n) is 3.67. The maximum Gasteiger partial charge on any atom is 0.417 e. The molecule has 1 saturated heterocycles. The first kappa shape index (κ1) is 15.3. The van der Waals surface area contributed by atoms with E-state index in [9.17, 15) is 9.59 Å². The average Bonchev–Trinajstić information content (AvgIpc) is 2.51. The predicted molar refractivity (Wildman–Crippen MR) is 80.5 cm³/mol. The molecule has 0 radical (unpaired) electrons. The number of carbonyl (C=O) groups excluding carboxylic acids is 2. The van der Waals surface area contributed by atoms with Crippen LogP contribution in [0.15, 0.2) is 43.0 Å². The number of rotatable bonds is 5. The van der Waals surface area contributed by atoms with E-state index in [1.54, 1.807) is 0 Å². The van der Waals surface area contributed by atoms with Crippen molar-refractivity contribution in [2.45, 2.75) is 44.8 Å². The maximum absolute atomic E-state index is 12.2. The van der Waals surface area contributed by atoms with Gasteiger partial charge in [0.05, 0.1) is 0 Å². The van der Waals surface area contributed by atoms with E-state index in [1.807, 2.05) is 36.4 Å².